The van der Waals surface area contributed by atoms with E-state index < -0.39 is 0 Å². The van der Waals surface area contributed by atoms with Gasteiger partial charge in [0, 0.05) is 6.04 Å². The van der Waals surface area contributed by atoms with Crippen molar-refractivity contribution in [3.63, 3.8) is 0 Å². The van der Waals surface area contributed by atoms with Crippen molar-refractivity contribution in [1.29, 1.82) is 0 Å². The average Bonchev–Trinajstić information content (AvgIpc) is 2.58. The molecule has 3 heteroatoms. The van der Waals surface area contributed by atoms with E-state index in [1.807, 2.05) is 0 Å². The summed E-state index contributed by atoms with van der Waals surface area (Å²) < 4.78 is 0. The van der Waals surface area contributed by atoms with Crippen molar-refractivity contribution >= 4 is 0 Å². The molecule has 2 saturated heterocycles. The second-order valence-electron chi connectivity index (χ2n) is 5.66. The van der Waals surface area contributed by atoms with Gasteiger partial charge in [-0.2, -0.15) is 20.8 Å². The molecule has 2 fully saturated rings. The zero-order valence-electron chi connectivity index (χ0n) is 11.5. The van der Waals surface area contributed by atoms with Crippen molar-refractivity contribution in [2.45, 2.75) is 40.7 Å². The van der Waals surface area contributed by atoms with Crippen LogP contribution >= 0.6 is 0 Å². The van der Waals surface area contributed by atoms with Gasteiger partial charge in [-0.25, -0.2) is 0 Å². The van der Waals surface area contributed by atoms with Gasteiger partial charge in [-0.3, -0.25) is 0 Å². The van der Waals surface area contributed by atoms with Gasteiger partial charge in [-0.15, -0.1) is 13.1 Å². The Morgan fingerprint density at radius 3 is 1.75 bits per heavy atom. The summed E-state index contributed by atoms with van der Waals surface area (Å²) >= 11 is 0. The minimum Gasteiger partial charge on any atom is -0.662 e. The van der Waals surface area contributed by atoms with Crippen LogP contribution in [0.25, 0.3) is 5.32 Å². The number of nitrogens with zero attached hydrogens (tertiary/aromatic N) is 2. The molecule has 2 aliphatic rings. The molecule has 0 spiro atoms. The standard InChI is InChI=1S/C9H17N2.C4H9.U/c1-7(2)11-5-8-3-10-4-9(8)6-11;1-4(2)3;/h7-9H,3-6H2,1-2H3;1-3H3;/q2*-1;+2. The molecule has 2 nitrogen and oxygen atoms in total. The summed E-state index contributed by atoms with van der Waals surface area (Å²) in [6.07, 6.45) is 0. The van der Waals surface area contributed by atoms with Crippen molar-refractivity contribution in [2.75, 3.05) is 26.2 Å². The molecule has 0 radical (unpaired) electrons. The third kappa shape index (κ3) is 5.54. The van der Waals surface area contributed by atoms with E-state index in [9.17, 15) is 0 Å². The molecule has 2 rings (SSSR count). The number of rotatable bonds is 1. The van der Waals surface area contributed by atoms with Crippen LogP contribution in [-0.2, 0) is 0 Å². The molecule has 0 aromatic carbocycles. The molecule has 0 bridgehead atoms. The topological polar surface area (TPSA) is 17.3 Å². The largest absolute Gasteiger partial charge is 2.00 e. The van der Waals surface area contributed by atoms with Crippen LogP contribution in [0.1, 0.15) is 34.6 Å². The van der Waals surface area contributed by atoms with Gasteiger partial charge in [0.25, 0.3) is 0 Å². The van der Waals surface area contributed by atoms with Gasteiger partial charge in [0.15, 0.2) is 0 Å². The van der Waals surface area contributed by atoms with Crippen molar-refractivity contribution in [3.05, 3.63) is 11.2 Å². The number of likely N-dealkylation sites (tertiary alicyclic amines) is 1. The molecule has 2 heterocycles. The molecule has 2 unspecified atom stereocenters. The molecule has 16 heavy (non-hydrogen) atoms. The van der Waals surface area contributed by atoms with Gasteiger partial charge in [0.1, 0.15) is 0 Å². The monoisotopic (exact) mass is 448 g/mol. The summed E-state index contributed by atoms with van der Waals surface area (Å²) in [7, 11) is 0. The van der Waals surface area contributed by atoms with Crippen LogP contribution in [-0.4, -0.2) is 37.1 Å². The molecule has 0 saturated carbocycles. The molecule has 2 atom stereocenters. The number of hydrogen-bond acceptors (Lipinski definition) is 1. The quantitative estimate of drug-likeness (QED) is 0.564. The summed E-state index contributed by atoms with van der Waals surface area (Å²) in [4.78, 5) is 2.59. The third-order valence-corrected chi connectivity index (χ3v) is 3.06. The molecule has 0 N–H and O–H groups in total. The fourth-order valence-electron chi connectivity index (χ4n) is 2.22. The maximum Gasteiger partial charge on any atom is 2.00 e. The molecule has 0 amide bonds. The first-order valence-electron chi connectivity index (χ1n) is 6.14. The van der Waals surface area contributed by atoms with Crippen LogP contribution in [0.3, 0.4) is 0 Å². The summed E-state index contributed by atoms with van der Waals surface area (Å²) in [5.41, 5.74) is 0. The molecular formula is C13H26N2U. The second kappa shape index (κ2) is 8.14. The van der Waals surface area contributed by atoms with Gasteiger partial charge in [-0.05, 0) is 38.8 Å². The van der Waals surface area contributed by atoms with Crippen LogP contribution in [0.15, 0.2) is 0 Å². The van der Waals surface area contributed by atoms with E-state index in [2.05, 4.69) is 44.8 Å². The van der Waals surface area contributed by atoms with E-state index in [4.69, 9.17) is 0 Å². The Kier molecular flexibility index (Phi) is 8.63. The molecule has 0 aromatic heterocycles. The first-order chi connectivity index (χ1) is 7.00. The van der Waals surface area contributed by atoms with E-state index in [1.54, 1.807) is 0 Å². The van der Waals surface area contributed by atoms with Crippen LogP contribution in [0.4, 0.5) is 0 Å². The van der Waals surface area contributed by atoms with Crippen LogP contribution in [0.2, 0.25) is 0 Å². The smallest absolute Gasteiger partial charge is 0.662 e. The summed E-state index contributed by atoms with van der Waals surface area (Å²) in [6, 6.07) is 0.737. The van der Waals surface area contributed by atoms with E-state index in [0.717, 1.165) is 31.0 Å². The first-order valence-corrected chi connectivity index (χ1v) is 6.14. The Morgan fingerprint density at radius 1 is 1.06 bits per heavy atom. The SMILES string of the molecule is CC(C)N1CC2C[N-]CC2C1.C[C-](C)C.[U+2]. The third-order valence-electron chi connectivity index (χ3n) is 3.06. The fourth-order valence-corrected chi connectivity index (χ4v) is 2.22. The summed E-state index contributed by atoms with van der Waals surface area (Å²) in [6.45, 7) is 15.7. The zero-order chi connectivity index (χ0) is 11.4. The fraction of sp³-hybridized carbons (Fsp3) is 0.923. The van der Waals surface area contributed by atoms with Gasteiger partial charge >= 0.3 is 31.1 Å². The Bertz CT molecular complexity index is 168. The molecular weight excluding hydrogens is 422 g/mol. The Morgan fingerprint density at radius 2 is 1.44 bits per heavy atom. The number of fused-ring (bicyclic) bond motifs is 1. The molecule has 0 aliphatic carbocycles. The van der Waals surface area contributed by atoms with Gasteiger partial charge in [-0.1, -0.05) is 0 Å². The van der Waals surface area contributed by atoms with Crippen LogP contribution in [0, 0.1) is 48.9 Å². The average molecular weight is 448 g/mol. The molecule has 0 aromatic rings. The van der Waals surface area contributed by atoms with E-state index in [0.29, 0.717) is 0 Å². The van der Waals surface area contributed by atoms with E-state index >= 15 is 0 Å². The van der Waals surface area contributed by atoms with Crippen LogP contribution < -0.4 is 0 Å². The van der Waals surface area contributed by atoms with Crippen molar-refractivity contribution in [2.24, 2.45) is 11.8 Å². The Hall–Kier alpha value is 0.972. The predicted octanol–water partition coefficient (Wildman–Crippen LogP) is 2.95. The Labute approximate surface area is 125 Å². The van der Waals surface area contributed by atoms with Crippen molar-refractivity contribution in [3.8, 4) is 0 Å². The Balaban J connectivity index is 0.000000397. The second-order valence-corrected chi connectivity index (χ2v) is 5.66. The van der Waals surface area contributed by atoms with Gasteiger partial charge in [0.2, 0.25) is 0 Å². The van der Waals surface area contributed by atoms with Gasteiger partial charge in [0.05, 0.1) is 0 Å². The van der Waals surface area contributed by atoms with Crippen molar-refractivity contribution in [1.82, 2.24) is 4.90 Å². The summed E-state index contributed by atoms with van der Waals surface area (Å²) in [5.74, 6) is 3.22. The maximum absolute atomic E-state index is 4.43. The summed E-state index contributed by atoms with van der Waals surface area (Å²) in [5, 5.41) is 4.43. The number of hydrogen-bond donors (Lipinski definition) is 0. The first kappa shape index (κ1) is 17.0. The molecule has 92 valence electrons. The normalized spacial score (nSPS) is 28.7. The zero-order valence-corrected chi connectivity index (χ0v) is 15.6. The minimum atomic E-state index is 0. The maximum atomic E-state index is 4.43. The predicted molar refractivity (Wildman–Crippen MR) is 67.0 cm³/mol. The molecule has 2 aliphatic heterocycles. The van der Waals surface area contributed by atoms with E-state index in [1.165, 1.54) is 19.0 Å². The minimum absolute atomic E-state index is 0. The van der Waals surface area contributed by atoms with Crippen molar-refractivity contribution < 1.29 is 31.1 Å². The van der Waals surface area contributed by atoms with Gasteiger partial charge < -0.3 is 16.1 Å². The van der Waals surface area contributed by atoms with Crippen LogP contribution in [0.5, 0.6) is 0 Å². The van der Waals surface area contributed by atoms with E-state index in [-0.39, 0.29) is 31.1 Å².